The lowest BCUT2D eigenvalue weighted by Crippen LogP contribution is -2.63. The first-order valence-corrected chi connectivity index (χ1v) is 16.0. The van der Waals surface area contributed by atoms with Crippen molar-refractivity contribution in [2.24, 2.45) is 17.6 Å². The number of fused-ring (bicyclic) bond motifs is 3. The third-order valence-electron chi connectivity index (χ3n) is 10.4. The lowest BCUT2D eigenvalue weighted by atomic mass is 9.58. The Hall–Kier alpha value is -4.39. The van der Waals surface area contributed by atoms with E-state index in [1.165, 1.54) is 5.56 Å². The average molecular weight is 646 g/mol. The average Bonchev–Trinajstić information content (AvgIpc) is 3.01. The topological polar surface area (TPSA) is 180 Å². The van der Waals surface area contributed by atoms with Gasteiger partial charge in [-0.25, -0.2) is 0 Å². The Labute approximate surface area is 273 Å². The van der Waals surface area contributed by atoms with E-state index in [2.05, 4.69) is 22.3 Å². The molecule has 4 aliphatic rings. The normalized spacial score (nSPS) is 26.6. The maximum Gasteiger partial charge on any atom is 0.255 e. The highest BCUT2D eigenvalue weighted by Crippen LogP contribution is 2.54. The number of carbonyl (C=O) groups excluding carboxylic acids is 3. The number of nitrogens with zero attached hydrogens (tertiary/aromatic N) is 3. The number of aliphatic hydroxyl groups excluding tert-OH is 2. The molecule has 2 aromatic rings. The smallest absolute Gasteiger partial charge is 0.255 e. The Morgan fingerprint density at radius 2 is 1.72 bits per heavy atom. The van der Waals surface area contributed by atoms with Gasteiger partial charge >= 0.3 is 0 Å². The second-order valence-electron chi connectivity index (χ2n) is 13.7. The number of carbonyl (C=O) groups is 3. The molecule has 2 aromatic carbocycles. The van der Waals surface area contributed by atoms with Crippen LogP contribution in [0.3, 0.4) is 0 Å². The van der Waals surface area contributed by atoms with Crippen LogP contribution in [0, 0.1) is 11.8 Å². The highest BCUT2D eigenvalue weighted by atomic mass is 16.3. The van der Waals surface area contributed by atoms with Crippen LogP contribution < -0.4 is 16.0 Å². The van der Waals surface area contributed by atoms with Crippen LogP contribution in [0.5, 0.6) is 5.75 Å². The number of likely N-dealkylation sites (tertiary alicyclic amines) is 1. The summed E-state index contributed by atoms with van der Waals surface area (Å²) in [6.07, 6.45) is 1.93. The maximum absolute atomic E-state index is 14.3. The van der Waals surface area contributed by atoms with Crippen LogP contribution in [0.4, 0.5) is 11.4 Å². The number of amides is 1. The Morgan fingerprint density at radius 1 is 1.06 bits per heavy atom. The fourth-order valence-corrected chi connectivity index (χ4v) is 8.10. The number of rotatable bonds is 7. The molecule has 1 fully saturated rings. The number of aromatic hydroxyl groups is 1. The van der Waals surface area contributed by atoms with Crippen LogP contribution in [0.15, 0.2) is 59.1 Å². The number of benzene rings is 2. The summed E-state index contributed by atoms with van der Waals surface area (Å²) in [5.41, 5.74) is 4.73. The molecular formula is C35H43N5O7. The van der Waals surface area contributed by atoms with Crippen LogP contribution in [-0.4, -0.2) is 107 Å². The van der Waals surface area contributed by atoms with Crippen LogP contribution in [0.1, 0.15) is 40.7 Å². The molecule has 1 heterocycles. The summed E-state index contributed by atoms with van der Waals surface area (Å²) in [5.74, 6) is -6.61. The summed E-state index contributed by atoms with van der Waals surface area (Å²) in [5, 5.41) is 49.6. The molecule has 0 aromatic heterocycles. The second kappa shape index (κ2) is 12.0. The molecule has 1 amide bonds. The summed E-state index contributed by atoms with van der Waals surface area (Å²) in [6, 6.07) is 11.1. The van der Waals surface area contributed by atoms with Crippen molar-refractivity contribution in [3.05, 3.63) is 75.8 Å². The van der Waals surface area contributed by atoms with Gasteiger partial charge in [0.25, 0.3) is 5.91 Å². The summed E-state index contributed by atoms with van der Waals surface area (Å²) >= 11 is 0. The standard InChI is InChI=1S/C35H43N5O7/c1-38(2)24-16-23(37-20-10-12-40(13-11-20)17-18-8-6-5-7-9-18)29(41)26-21(24)14-19-15-22-28(39(3)4)31(43)27(34(36)46)33(45)35(22,47)32(44)25(19)30(26)42/h5-9,16,19-20,22,28,37,41,43-44,47H,10-15,17H2,1-4H3,(H2,36,46)/t19-,22-,28-,35-/m0/s1. The minimum absolute atomic E-state index is 0.000922. The summed E-state index contributed by atoms with van der Waals surface area (Å²) in [7, 11) is 6.91. The fourth-order valence-electron chi connectivity index (χ4n) is 8.10. The van der Waals surface area contributed by atoms with E-state index >= 15 is 0 Å². The maximum atomic E-state index is 14.3. The fraction of sp³-hybridized carbons (Fsp3) is 0.457. The molecule has 1 saturated heterocycles. The first-order valence-electron chi connectivity index (χ1n) is 16.0. The van der Waals surface area contributed by atoms with Crippen LogP contribution >= 0.6 is 0 Å². The van der Waals surface area contributed by atoms with Crippen molar-refractivity contribution < 1.29 is 34.8 Å². The molecule has 0 spiro atoms. The number of aliphatic hydroxyl groups is 3. The number of allylic oxidation sites excluding steroid dienone is 1. The number of hydrogen-bond donors (Lipinski definition) is 6. The third-order valence-corrected chi connectivity index (χ3v) is 10.4. The molecule has 6 rings (SSSR count). The number of phenolic OH excluding ortho intramolecular Hbond substituents is 1. The van der Waals surface area contributed by atoms with Gasteiger partial charge in [-0.2, -0.15) is 0 Å². The molecular weight excluding hydrogens is 602 g/mol. The summed E-state index contributed by atoms with van der Waals surface area (Å²) in [4.78, 5) is 46.0. The lowest BCUT2D eigenvalue weighted by Gasteiger charge is -2.50. The van der Waals surface area contributed by atoms with Crippen molar-refractivity contribution in [2.45, 2.75) is 49.9 Å². The van der Waals surface area contributed by atoms with Gasteiger partial charge in [-0.3, -0.25) is 24.2 Å². The van der Waals surface area contributed by atoms with Gasteiger partial charge in [-0.05, 0) is 62.9 Å². The summed E-state index contributed by atoms with van der Waals surface area (Å²) < 4.78 is 0. The van der Waals surface area contributed by atoms with Crippen molar-refractivity contribution in [1.82, 2.24) is 9.80 Å². The van der Waals surface area contributed by atoms with E-state index in [1.807, 2.05) is 43.3 Å². The van der Waals surface area contributed by atoms with Gasteiger partial charge in [0.2, 0.25) is 5.78 Å². The van der Waals surface area contributed by atoms with Gasteiger partial charge in [0.1, 0.15) is 22.8 Å². The quantitative estimate of drug-likeness (QED) is 0.192. The molecule has 47 heavy (non-hydrogen) atoms. The molecule has 3 aliphatic carbocycles. The van der Waals surface area contributed by atoms with Crippen LogP contribution in [-0.2, 0) is 22.6 Å². The number of nitrogens with one attached hydrogen (secondary N) is 1. The highest BCUT2D eigenvalue weighted by Gasteiger charge is 2.63. The van der Waals surface area contributed by atoms with Crippen molar-refractivity contribution in [3.8, 4) is 5.75 Å². The van der Waals surface area contributed by atoms with E-state index in [9.17, 15) is 34.8 Å². The zero-order valence-electron chi connectivity index (χ0n) is 27.2. The first-order chi connectivity index (χ1) is 22.2. The predicted molar refractivity (Wildman–Crippen MR) is 176 cm³/mol. The lowest BCUT2D eigenvalue weighted by molar-refractivity contribution is -0.148. The molecule has 1 aliphatic heterocycles. The Kier molecular flexibility index (Phi) is 8.31. The second-order valence-corrected chi connectivity index (χ2v) is 13.7. The van der Waals surface area contributed by atoms with E-state index in [1.54, 1.807) is 19.0 Å². The van der Waals surface area contributed by atoms with E-state index in [0.29, 0.717) is 11.3 Å². The number of likely N-dealkylation sites (N-methyl/N-ethyl adjacent to an activating group) is 1. The molecule has 0 unspecified atom stereocenters. The summed E-state index contributed by atoms with van der Waals surface area (Å²) in [6.45, 7) is 2.58. The van der Waals surface area contributed by atoms with E-state index in [0.717, 1.165) is 38.2 Å². The van der Waals surface area contributed by atoms with Crippen molar-refractivity contribution in [1.29, 1.82) is 0 Å². The number of Topliss-reactive ketones (excluding diaryl/α,β-unsaturated/α-hetero) is 2. The highest BCUT2D eigenvalue weighted by molar-refractivity contribution is 6.25. The molecule has 0 radical (unpaired) electrons. The van der Waals surface area contributed by atoms with Gasteiger partial charge < -0.3 is 36.4 Å². The van der Waals surface area contributed by atoms with Gasteiger partial charge in [-0.1, -0.05) is 30.3 Å². The molecule has 12 nitrogen and oxygen atoms in total. The van der Waals surface area contributed by atoms with Crippen LogP contribution in [0.25, 0.3) is 0 Å². The monoisotopic (exact) mass is 645 g/mol. The largest absolute Gasteiger partial charge is 0.510 e. The minimum atomic E-state index is -2.67. The van der Waals surface area contributed by atoms with E-state index < -0.39 is 58.0 Å². The van der Waals surface area contributed by atoms with Crippen molar-refractivity contribution in [2.75, 3.05) is 51.5 Å². The van der Waals surface area contributed by atoms with Gasteiger partial charge in [0.15, 0.2) is 11.4 Å². The number of hydrogen-bond acceptors (Lipinski definition) is 11. The number of anilines is 2. The van der Waals surface area contributed by atoms with Gasteiger partial charge in [0, 0.05) is 56.9 Å². The van der Waals surface area contributed by atoms with Gasteiger partial charge in [0.05, 0.1) is 17.3 Å². The number of primary amides is 1. The minimum Gasteiger partial charge on any atom is -0.510 e. The zero-order valence-corrected chi connectivity index (χ0v) is 27.2. The van der Waals surface area contributed by atoms with E-state index in [4.69, 9.17) is 5.73 Å². The molecule has 250 valence electrons. The van der Waals surface area contributed by atoms with Crippen LogP contribution in [0.2, 0.25) is 0 Å². The molecule has 0 bridgehead atoms. The van der Waals surface area contributed by atoms with Crippen molar-refractivity contribution >= 4 is 28.8 Å². The molecule has 12 heteroatoms. The first kappa shape index (κ1) is 32.5. The SMILES string of the molecule is CN(C)c1cc(NC2CCN(Cc3ccccc3)CC2)c(O)c2c1C[C@H]1C[C@H]3[C@H](N(C)C)C(O)=C(C(N)=O)C(=O)[C@@]3(O)C(O)=C1C2=O. The zero-order chi connectivity index (χ0) is 33.9. The Morgan fingerprint density at radius 3 is 2.32 bits per heavy atom. The number of piperidine rings is 1. The molecule has 7 N–H and O–H groups in total. The Bertz CT molecular complexity index is 1690. The number of nitrogens with two attached hydrogens (primary N) is 1. The van der Waals surface area contributed by atoms with Gasteiger partial charge in [-0.15, -0.1) is 0 Å². The molecule has 4 atom stereocenters. The third kappa shape index (κ3) is 5.24. The van der Waals surface area contributed by atoms with Crippen molar-refractivity contribution in [3.63, 3.8) is 0 Å². The number of ketones is 2. The number of phenols is 1. The Balaban J connectivity index is 1.35. The predicted octanol–water partition coefficient (Wildman–Crippen LogP) is 2.26. The molecule has 0 saturated carbocycles. The van der Waals surface area contributed by atoms with E-state index in [-0.39, 0.29) is 35.8 Å².